The van der Waals surface area contributed by atoms with Gasteiger partial charge in [-0.3, -0.25) is 14.4 Å². The first kappa shape index (κ1) is 19.9. The highest BCUT2D eigenvalue weighted by Crippen LogP contribution is 2.23. The molecular formula is C22H21N3O4S. The largest absolute Gasteiger partial charge is 0.459 e. The van der Waals surface area contributed by atoms with Crippen LogP contribution in [-0.2, 0) is 4.79 Å². The van der Waals surface area contributed by atoms with Crippen molar-refractivity contribution >= 4 is 40.4 Å². The van der Waals surface area contributed by atoms with Gasteiger partial charge in [0.25, 0.3) is 11.8 Å². The average molecular weight is 423 g/mol. The maximum atomic E-state index is 13.0. The maximum absolute atomic E-state index is 13.0. The summed E-state index contributed by atoms with van der Waals surface area (Å²) in [6, 6.07) is 13.2. The van der Waals surface area contributed by atoms with Gasteiger partial charge in [-0.1, -0.05) is 12.1 Å². The molecule has 8 heteroatoms. The van der Waals surface area contributed by atoms with Crippen LogP contribution in [0.3, 0.4) is 0 Å². The number of hydrogen-bond donors (Lipinski definition) is 2. The molecule has 154 valence electrons. The van der Waals surface area contributed by atoms with E-state index < -0.39 is 6.04 Å². The second kappa shape index (κ2) is 8.96. The molecule has 3 heterocycles. The van der Waals surface area contributed by atoms with E-state index in [0.29, 0.717) is 29.2 Å². The number of piperidine rings is 1. The summed E-state index contributed by atoms with van der Waals surface area (Å²) in [5.41, 5.74) is 1.14. The van der Waals surface area contributed by atoms with Crippen molar-refractivity contribution in [3.05, 3.63) is 70.8 Å². The molecular weight excluding hydrogens is 402 g/mol. The zero-order chi connectivity index (χ0) is 20.9. The highest BCUT2D eigenvalue weighted by molar-refractivity contribution is 7.12. The van der Waals surface area contributed by atoms with Crippen LogP contribution in [0.25, 0.3) is 0 Å². The number of rotatable bonds is 5. The van der Waals surface area contributed by atoms with Gasteiger partial charge in [-0.15, -0.1) is 11.3 Å². The van der Waals surface area contributed by atoms with E-state index in [1.807, 2.05) is 11.4 Å². The number of amides is 3. The predicted molar refractivity (Wildman–Crippen MR) is 115 cm³/mol. The molecule has 2 N–H and O–H groups in total. The van der Waals surface area contributed by atoms with E-state index in [2.05, 4.69) is 10.6 Å². The minimum absolute atomic E-state index is 0.198. The van der Waals surface area contributed by atoms with Crippen LogP contribution < -0.4 is 10.6 Å². The van der Waals surface area contributed by atoms with E-state index >= 15 is 0 Å². The van der Waals surface area contributed by atoms with E-state index in [1.54, 1.807) is 47.4 Å². The van der Waals surface area contributed by atoms with Crippen molar-refractivity contribution in [2.24, 2.45) is 0 Å². The molecule has 3 aromatic rings. The lowest BCUT2D eigenvalue weighted by Crippen LogP contribution is -2.49. The fourth-order valence-corrected chi connectivity index (χ4v) is 4.11. The summed E-state index contributed by atoms with van der Waals surface area (Å²) in [5.74, 6) is -0.503. The van der Waals surface area contributed by atoms with Crippen LogP contribution in [0.2, 0.25) is 0 Å². The Hall–Kier alpha value is -3.39. The number of anilines is 2. The molecule has 0 saturated carbocycles. The Labute approximate surface area is 177 Å². The molecule has 1 saturated heterocycles. The summed E-state index contributed by atoms with van der Waals surface area (Å²) < 4.78 is 5.22. The van der Waals surface area contributed by atoms with Gasteiger partial charge in [0.15, 0.2) is 5.76 Å². The lowest BCUT2D eigenvalue weighted by Gasteiger charge is -2.34. The van der Waals surface area contributed by atoms with Crippen molar-refractivity contribution in [1.29, 1.82) is 0 Å². The summed E-state index contributed by atoms with van der Waals surface area (Å²) in [7, 11) is 0. The molecule has 1 unspecified atom stereocenters. The molecule has 30 heavy (non-hydrogen) atoms. The molecule has 1 aliphatic rings. The minimum atomic E-state index is -0.569. The number of nitrogens with one attached hydrogen (secondary N) is 2. The molecule has 7 nitrogen and oxygen atoms in total. The number of benzene rings is 1. The normalized spacial score (nSPS) is 16.1. The maximum Gasteiger partial charge on any atom is 0.290 e. The number of carbonyl (C=O) groups excluding carboxylic acids is 3. The zero-order valence-corrected chi connectivity index (χ0v) is 17.0. The lowest BCUT2D eigenvalue weighted by molar-refractivity contribution is -0.121. The SMILES string of the molecule is O=C(Nc1cccc(NC(=O)C2CCCCN2C(=O)c2ccco2)c1)c1cccs1. The molecule has 1 aliphatic heterocycles. The summed E-state index contributed by atoms with van der Waals surface area (Å²) >= 11 is 1.36. The van der Waals surface area contributed by atoms with Crippen LogP contribution in [0.15, 0.2) is 64.6 Å². The Morgan fingerprint density at radius 3 is 2.57 bits per heavy atom. The molecule has 4 rings (SSSR count). The number of furan rings is 1. The Morgan fingerprint density at radius 2 is 1.83 bits per heavy atom. The molecule has 2 aromatic heterocycles. The molecule has 1 aromatic carbocycles. The number of nitrogens with zero attached hydrogens (tertiary/aromatic N) is 1. The molecule has 3 amide bonds. The Balaban J connectivity index is 1.44. The number of carbonyl (C=O) groups is 3. The number of thiophene rings is 1. The number of hydrogen-bond acceptors (Lipinski definition) is 5. The molecule has 0 aliphatic carbocycles. The standard InChI is InChI=1S/C22H21N3O4S/c26-20(17-8-1-2-11-25(17)22(28)18-9-4-12-29-18)23-15-6-3-7-16(14-15)24-21(27)19-10-5-13-30-19/h3-7,9-10,12-14,17H,1-2,8,11H2,(H,23,26)(H,24,27). The van der Waals surface area contributed by atoms with E-state index in [9.17, 15) is 14.4 Å². The van der Waals surface area contributed by atoms with Gasteiger partial charge in [-0.25, -0.2) is 0 Å². The first-order valence-electron chi connectivity index (χ1n) is 9.72. The quantitative estimate of drug-likeness (QED) is 0.643. The van der Waals surface area contributed by atoms with Crippen molar-refractivity contribution in [2.45, 2.75) is 25.3 Å². The Bertz CT molecular complexity index is 1030. The molecule has 0 radical (unpaired) electrons. The van der Waals surface area contributed by atoms with Crippen LogP contribution in [-0.4, -0.2) is 35.2 Å². The first-order chi connectivity index (χ1) is 14.6. The van der Waals surface area contributed by atoms with E-state index in [0.717, 1.165) is 12.8 Å². The van der Waals surface area contributed by atoms with Gasteiger partial charge in [0.1, 0.15) is 6.04 Å². The fraction of sp³-hybridized carbons (Fsp3) is 0.227. The van der Waals surface area contributed by atoms with Crippen molar-refractivity contribution in [1.82, 2.24) is 4.90 Å². The van der Waals surface area contributed by atoms with Crippen molar-refractivity contribution < 1.29 is 18.8 Å². The summed E-state index contributed by atoms with van der Waals surface area (Å²) in [6.45, 7) is 0.508. The van der Waals surface area contributed by atoms with Gasteiger partial charge < -0.3 is 20.0 Å². The smallest absolute Gasteiger partial charge is 0.290 e. The second-order valence-corrected chi connectivity index (χ2v) is 7.94. The van der Waals surface area contributed by atoms with Crippen molar-refractivity contribution in [3.8, 4) is 0 Å². The summed E-state index contributed by atoms with van der Waals surface area (Å²) in [6.07, 6.45) is 3.76. The first-order valence-corrected chi connectivity index (χ1v) is 10.6. The van der Waals surface area contributed by atoms with Crippen molar-refractivity contribution in [3.63, 3.8) is 0 Å². The Morgan fingerprint density at radius 1 is 1.00 bits per heavy atom. The topological polar surface area (TPSA) is 91.7 Å². The van der Waals surface area contributed by atoms with Crippen LogP contribution in [0.1, 0.15) is 39.5 Å². The second-order valence-electron chi connectivity index (χ2n) is 6.99. The van der Waals surface area contributed by atoms with Crippen LogP contribution in [0, 0.1) is 0 Å². The van der Waals surface area contributed by atoms with Crippen LogP contribution in [0.5, 0.6) is 0 Å². The average Bonchev–Trinajstić information content (AvgIpc) is 3.48. The van der Waals surface area contributed by atoms with Gasteiger partial charge >= 0.3 is 0 Å². The van der Waals surface area contributed by atoms with E-state index in [4.69, 9.17) is 4.42 Å². The van der Waals surface area contributed by atoms with Gasteiger partial charge in [-0.05, 0) is 61.0 Å². The Kier molecular flexibility index (Phi) is 5.94. The minimum Gasteiger partial charge on any atom is -0.459 e. The lowest BCUT2D eigenvalue weighted by atomic mass is 10.0. The molecule has 0 bridgehead atoms. The number of likely N-dealkylation sites (tertiary alicyclic amines) is 1. The van der Waals surface area contributed by atoms with E-state index in [-0.39, 0.29) is 23.5 Å². The highest BCUT2D eigenvalue weighted by atomic mass is 32.1. The van der Waals surface area contributed by atoms with Crippen LogP contribution in [0.4, 0.5) is 11.4 Å². The third kappa shape index (κ3) is 4.44. The highest BCUT2D eigenvalue weighted by Gasteiger charge is 2.33. The van der Waals surface area contributed by atoms with Gasteiger partial charge in [0.05, 0.1) is 11.1 Å². The van der Waals surface area contributed by atoms with Crippen LogP contribution >= 0.6 is 11.3 Å². The third-order valence-electron chi connectivity index (χ3n) is 4.93. The summed E-state index contributed by atoms with van der Waals surface area (Å²) in [5, 5.41) is 7.54. The van der Waals surface area contributed by atoms with Gasteiger partial charge in [0, 0.05) is 17.9 Å². The predicted octanol–water partition coefficient (Wildman–Crippen LogP) is 4.23. The van der Waals surface area contributed by atoms with Gasteiger partial charge in [0.2, 0.25) is 5.91 Å². The molecule has 0 spiro atoms. The molecule has 1 fully saturated rings. The summed E-state index contributed by atoms with van der Waals surface area (Å²) in [4.78, 5) is 40.1. The monoisotopic (exact) mass is 423 g/mol. The third-order valence-corrected chi connectivity index (χ3v) is 5.80. The fourth-order valence-electron chi connectivity index (χ4n) is 3.49. The zero-order valence-electron chi connectivity index (χ0n) is 16.2. The van der Waals surface area contributed by atoms with E-state index in [1.165, 1.54) is 17.6 Å². The van der Waals surface area contributed by atoms with Gasteiger partial charge in [-0.2, -0.15) is 0 Å². The van der Waals surface area contributed by atoms with Crippen molar-refractivity contribution in [2.75, 3.05) is 17.2 Å². The molecule has 1 atom stereocenters.